The van der Waals surface area contributed by atoms with E-state index < -0.39 is 0 Å². The lowest BCUT2D eigenvalue weighted by Crippen LogP contribution is -2.06. The van der Waals surface area contributed by atoms with Gasteiger partial charge in [-0.15, -0.1) is 0 Å². The Morgan fingerprint density at radius 1 is 0.941 bits per heavy atom. The van der Waals surface area contributed by atoms with Crippen LogP contribution in [0.3, 0.4) is 0 Å². The summed E-state index contributed by atoms with van der Waals surface area (Å²) in [7, 11) is 0. The number of hydrogen-bond donors (Lipinski definition) is 0. The third-order valence-corrected chi connectivity index (χ3v) is 2.36. The SMILES string of the molecule is [N-]=NN(c1ccccc1)c1ccc(C=O)cc1. The molecular formula is C13H10N3O-. The molecule has 0 fully saturated rings. The average molecular weight is 224 g/mol. The minimum Gasteiger partial charge on any atom is -0.361 e. The number of carbonyl (C=O) groups is 1. The normalized spacial score (nSPS) is 9.65. The molecule has 0 saturated heterocycles. The number of hydrogen-bond acceptors (Lipinski definition) is 2. The monoisotopic (exact) mass is 224 g/mol. The lowest BCUT2D eigenvalue weighted by atomic mass is 10.2. The Balaban J connectivity index is 2.35. The molecule has 4 heteroatoms. The van der Waals surface area contributed by atoms with Crippen LogP contribution in [-0.4, -0.2) is 6.29 Å². The molecule has 0 amide bonds. The van der Waals surface area contributed by atoms with Crippen molar-refractivity contribution in [3.05, 3.63) is 65.7 Å². The van der Waals surface area contributed by atoms with Crippen LogP contribution in [0.25, 0.3) is 5.53 Å². The highest BCUT2D eigenvalue weighted by Gasteiger charge is 1.99. The third-order valence-electron chi connectivity index (χ3n) is 2.36. The Labute approximate surface area is 99.0 Å². The fraction of sp³-hybridized carbons (Fsp3) is 0. The minimum absolute atomic E-state index is 0.583. The highest BCUT2D eigenvalue weighted by molar-refractivity contribution is 5.76. The second kappa shape index (κ2) is 5.03. The molecule has 2 rings (SSSR count). The summed E-state index contributed by atoms with van der Waals surface area (Å²) in [6.07, 6.45) is 0.771. The molecule has 2 aromatic carbocycles. The number of aldehydes is 1. The van der Waals surface area contributed by atoms with Gasteiger partial charge >= 0.3 is 0 Å². The molecule has 0 aliphatic rings. The fourth-order valence-electron chi connectivity index (χ4n) is 1.52. The van der Waals surface area contributed by atoms with E-state index in [1.807, 2.05) is 30.3 Å². The number of carbonyl (C=O) groups excluding carboxylic acids is 1. The van der Waals surface area contributed by atoms with Gasteiger partial charge in [0.1, 0.15) is 6.29 Å². The lowest BCUT2D eigenvalue weighted by molar-refractivity contribution is 0.112. The van der Waals surface area contributed by atoms with E-state index in [-0.39, 0.29) is 0 Å². The van der Waals surface area contributed by atoms with E-state index in [0.717, 1.165) is 12.0 Å². The van der Waals surface area contributed by atoms with E-state index in [1.54, 1.807) is 24.3 Å². The maximum absolute atomic E-state index is 10.5. The summed E-state index contributed by atoms with van der Waals surface area (Å²) in [6.45, 7) is 0. The van der Waals surface area contributed by atoms with Gasteiger partial charge in [-0.05, 0) is 11.4 Å². The first kappa shape index (κ1) is 11.0. The molecule has 0 bridgehead atoms. The van der Waals surface area contributed by atoms with E-state index in [2.05, 4.69) is 5.22 Å². The van der Waals surface area contributed by atoms with E-state index in [0.29, 0.717) is 11.3 Å². The molecule has 2 aromatic rings. The van der Waals surface area contributed by atoms with Crippen LogP contribution in [0.4, 0.5) is 11.4 Å². The molecule has 0 aromatic heterocycles. The van der Waals surface area contributed by atoms with Crippen LogP contribution in [0.15, 0.2) is 59.8 Å². The van der Waals surface area contributed by atoms with Gasteiger partial charge in [-0.3, -0.25) is 10.0 Å². The van der Waals surface area contributed by atoms with E-state index in [4.69, 9.17) is 5.53 Å². The zero-order valence-corrected chi connectivity index (χ0v) is 9.02. The molecule has 0 aliphatic carbocycles. The summed E-state index contributed by atoms with van der Waals surface area (Å²) in [6, 6.07) is 16.0. The molecule has 0 radical (unpaired) electrons. The summed E-state index contributed by atoms with van der Waals surface area (Å²) in [5.74, 6) is 0. The van der Waals surface area contributed by atoms with Crippen molar-refractivity contribution < 1.29 is 4.79 Å². The second-order valence-electron chi connectivity index (χ2n) is 3.45. The fourth-order valence-corrected chi connectivity index (χ4v) is 1.52. The predicted molar refractivity (Wildman–Crippen MR) is 66.2 cm³/mol. The van der Waals surface area contributed by atoms with Crippen molar-refractivity contribution in [2.24, 2.45) is 5.22 Å². The smallest absolute Gasteiger partial charge is 0.150 e. The number of benzene rings is 2. The lowest BCUT2D eigenvalue weighted by Gasteiger charge is -2.26. The first-order valence-electron chi connectivity index (χ1n) is 5.10. The Bertz CT molecular complexity index is 508. The topological polar surface area (TPSA) is 55.0 Å². The van der Waals surface area contributed by atoms with Crippen LogP contribution in [0.2, 0.25) is 0 Å². The zero-order chi connectivity index (χ0) is 12.1. The van der Waals surface area contributed by atoms with Crippen LogP contribution >= 0.6 is 0 Å². The molecule has 4 nitrogen and oxygen atoms in total. The molecule has 0 saturated carbocycles. The first-order valence-corrected chi connectivity index (χ1v) is 5.10. The van der Waals surface area contributed by atoms with Crippen molar-refractivity contribution >= 4 is 17.7 Å². The van der Waals surface area contributed by atoms with Gasteiger partial charge in [0.25, 0.3) is 0 Å². The number of rotatable bonds is 4. The molecular weight excluding hydrogens is 214 g/mol. The van der Waals surface area contributed by atoms with Crippen molar-refractivity contribution in [2.75, 3.05) is 5.01 Å². The van der Waals surface area contributed by atoms with E-state index >= 15 is 0 Å². The van der Waals surface area contributed by atoms with Crippen LogP contribution in [-0.2, 0) is 0 Å². The molecule has 0 spiro atoms. The van der Waals surface area contributed by atoms with Gasteiger partial charge in [0.2, 0.25) is 0 Å². The number of nitrogens with zero attached hydrogens (tertiary/aromatic N) is 3. The molecule has 84 valence electrons. The van der Waals surface area contributed by atoms with E-state index in [9.17, 15) is 4.79 Å². The van der Waals surface area contributed by atoms with Crippen LogP contribution < -0.4 is 5.01 Å². The van der Waals surface area contributed by atoms with Crippen molar-refractivity contribution in [1.82, 2.24) is 0 Å². The molecule has 0 unspecified atom stereocenters. The zero-order valence-electron chi connectivity index (χ0n) is 9.02. The van der Waals surface area contributed by atoms with Gasteiger partial charge < -0.3 is 10.5 Å². The Kier molecular flexibility index (Phi) is 3.25. The summed E-state index contributed by atoms with van der Waals surface area (Å²) in [5, 5.41) is 4.61. The molecule has 0 N–H and O–H groups in total. The van der Waals surface area contributed by atoms with Crippen LogP contribution in [0.1, 0.15) is 10.4 Å². The molecule has 0 aliphatic heterocycles. The van der Waals surface area contributed by atoms with Crippen molar-refractivity contribution in [3.8, 4) is 0 Å². The van der Waals surface area contributed by atoms with Gasteiger partial charge in [0.05, 0.1) is 0 Å². The van der Waals surface area contributed by atoms with Crippen molar-refractivity contribution in [2.45, 2.75) is 0 Å². The number of anilines is 2. The van der Waals surface area contributed by atoms with Crippen molar-refractivity contribution in [1.29, 1.82) is 0 Å². The maximum Gasteiger partial charge on any atom is 0.150 e. The largest absolute Gasteiger partial charge is 0.361 e. The van der Waals surface area contributed by atoms with Gasteiger partial charge in [0, 0.05) is 5.56 Å². The molecule has 0 heterocycles. The van der Waals surface area contributed by atoms with Gasteiger partial charge in [0.15, 0.2) is 0 Å². The van der Waals surface area contributed by atoms with E-state index in [1.165, 1.54) is 5.01 Å². The summed E-state index contributed by atoms with van der Waals surface area (Å²) >= 11 is 0. The first-order chi connectivity index (χ1) is 8.35. The Morgan fingerprint density at radius 3 is 2.06 bits per heavy atom. The van der Waals surface area contributed by atoms with Gasteiger partial charge in [-0.1, -0.05) is 54.6 Å². The summed E-state index contributed by atoms with van der Waals surface area (Å²) < 4.78 is 0. The highest BCUT2D eigenvalue weighted by atomic mass is 16.1. The Morgan fingerprint density at radius 2 is 1.53 bits per heavy atom. The molecule has 17 heavy (non-hydrogen) atoms. The van der Waals surface area contributed by atoms with Crippen molar-refractivity contribution in [3.63, 3.8) is 0 Å². The summed E-state index contributed by atoms with van der Waals surface area (Å²) in [5.41, 5.74) is 11.1. The quantitative estimate of drug-likeness (QED) is 0.453. The van der Waals surface area contributed by atoms with Gasteiger partial charge in [-0.2, -0.15) is 0 Å². The Hall–Kier alpha value is -2.49. The third kappa shape index (κ3) is 2.36. The second-order valence-corrected chi connectivity index (χ2v) is 3.45. The van der Waals surface area contributed by atoms with Crippen LogP contribution in [0.5, 0.6) is 0 Å². The average Bonchev–Trinajstić information content (AvgIpc) is 2.42. The standard InChI is InChI=1S/C13H10N3O/c14-15-16(12-4-2-1-3-5-12)13-8-6-11(10-17)7-9-13/h1-10H/q-1. The minimum atomic E-state index is 0.583. The highest BCUT2D eigenvalue weighted by Crippen LogP contribution is 2.25. The summed E-state index contributed by atoms with van der Waals surface area (Å²) in [4.78, 5) is 10.5. The predicted octanol–water partition coefficient (Wildman–Crippen LogP) is 3.57. The molecule has 0 atom stereocenters. The maximum atomic E-state index is 10.5. The van der Waals surface area contributed by atoms with Crippen LogP contribution in [0, 0.1) is 0 Å². The van der Waals surface area contributed by atoms with Gasteiger partial charge in [-0.25, -0.2) is 0 Å². The number of para-hydroxylation sites is 1.